The van der Waals surface area contributed by atoms with Crippen LogP contribution in [-0.4, -0.2) is 24.0 Å². The van der Waals surface area contributed by atoms with Gasteiger partial charge in [-0.25, -0.2) is 0 Å². The van der Waals surface area contributed by atoms with Gasteiger partial charge in [0.15, 0.2) is 0 Å². The number of likely N-dealkylation sites (tertiary alicyclic amines) is 1. The van der Waals surface area contributed by atoms with Crippen molar-refractivity contribution < 1.29 is 0 Å². The second kappa shape index (κ2) is 6.69. The van der Waals surface area contributed by atoms with E-state index in [2.05, 4.69) is 40.5 Å². The fourth-order valence-corrected chi connectivity index (χ4v) is 3.06. The van der Waals surface area contributed by atoms with Gasteiger partial charge in [0.25, 0.3) is 0 Å². The van der Waals surface area contributed by atoms with Crippen molar-refractivity contribution in [3.05, 3.63) is 64.1 Å². The lowest BCUT2D eigenvalue weighted by atomic mass is 10.2. The standard InChI is InChI=1S/C17H18Cl2N2/c18-16-7-6-14(10-17(16)19)20-15-8-9-21(12-15)11-13-4-2-1-3-5-13/h1-7,10,15,20H,8-9,11-12H2. The molecule has 4 heteroatoms. The molecule has 1 N–H and O–H groups in total. The van der Waals surface area contributed by atoms with E-state index >= 15 is 0 Å². The molecule has 1 aliphatic heterocycles. The summed E-state index contributed by atoms with van der Waals surface area (Å²) in [4.78, 5) is 2.48. The van der Waals surface area contributed by atoms with Crippen LogP contribution in [0.25, 0.3) is 0 Å². The maximum atomic E-state index is 6.05. The number of rotatable bonds is 4. The maximum absolute atomic E-state index is 6.05. The zero-order valence-corrected chi connectivity index (χ0v) is 13.2. The molecule has 0 spiro atoms. The highest BCUT2D eigenvalue weighted by molar-refractivity contribution is 6.42. The lowest BCUT2D eigenvalue weighted by Gasteiger charge is -2.17. The zero-order valence-electron chi connectivity index (χ0n) is 11.7. The molecule has 1 heterocycles. The van der Waals surface area contributed by atoms with Crippen molar-refractivity contribution in [2.24, 2.45) is 0 Å². The number of hydrogen-bond donors (Lipinski definition) is 1. The molecular formula is C17H18Cl2N2. The van der Waals surface area contributed by atoms with Crippen molar-refractivity contribution in [1.29, 1.82) is 0 Å². The van der Waals surface area contributed by atoms with Gasteiger partial charge in [0, 0.05) is 31.4 Å². The largest absolute Gasteiger partial charge is 0.381 e. The van der Waals surface area contributed by atoms with Crippen LogP contribution in [0.3, 0.4) is 0 Å². The lowest BCUT2D eigenvalue weighted by Crippen LogP contribution is -2.25. The molecule has 2 aromatic carbocycles. The molecule has 0 aliphatic carbocycles. The van der Waals surface area contributed by atoms with Gasteiger partial charge < -0.3 is 5.32 Å². The Morgan fingerprint density at radius 2 is 1.86 bits per heavy atom. The van der Waals surface area contributed by atoms with Crippen molar-refractivity contribution in [3.63, 3.8) is 0 Å². The number of nitrogens with one attached hydrogen (secondary N) is 1. The van der Waals surface area contributed by atoms with Gasteiger partial charge in [-0.3, -0.25) is 4.90 Å². The van der Waals surface area contributed by atoms with Gasteiger partial charge >= 0.3 is 0 Å². The van der Waals surface area contributed by atoms with Gasteiger partial charge in [-0.15, -0.1) is 0 Å². The molecule has 0 aromatic heterocycles. The van der Waals surface area contributed by atoms with Crippen molar-refractivity contribution in [2.45, 2.75) is 19.0 Å². The van der Waals surface area contributed by atoms with E-state index in [4.69, 9.17) is 23.2 Å². The highest BCUT2D eigenvalue weighted by Crippen LogP contribution is 2.26. The van der Waals surface area contributed by atoms with E-state index in [9.17, 15) is 0 Å². The monoisotopic (exact) mass is 320 g/mol. The normalized spacial score (nSPS) is 18.9. The molecule has 1 aliphatic rings. The summed E-state index contributed by atoms with van der Waals surface area (Å²) in [6, 6.07) is 16.8. The summed E-state index contributed by atoms with van der Waals surface area (Å²) in [6.07, 6.45) is 1.15. The maximum Gasteiger partial charge on any atom is 0.0612 e. The summed E-state index contributed by atoms with van der Waals surface area (Å²) in [5, 5.41) is 4.73. The van der Waals surface area contributed by atoms with Gasteiger partial charge in [0.2, 0.25) is 0 Å². The topological polar surface area (TPSA) is 15.3 Å². The Bertz CT molecular complexity index is 601. The van der Waals surface area contributed by atoms with Crippen LogP contribution in [0.15, 0.2) is 48.5 Å². The van der Waals surface area contributed by atoms with Gasteiger partial charge in [-0.2, -0.15) is 0 Å². The van der Waals surface area contributed by atoms with Crippen LogP contribution >= 0.6 is 23.2 Å². The van der Waals surface area contributed by atoms with Gasteiger partial charge in [0.1, 0.15) is 0 Å². The first-order valence-corrected chi connectivity index (χ1v) is 7.94. The van der Waals surface area contributed by atoms with Crippen molar-refractivity contribution >= 4 is 28.9 Å². The molecule has 2 aromatic rings. The summed E-state index contributed by atoms with van der Waals surface area (Å²) in [5.74, 6) is 0. The molecule has 21 heavy (non-hydrogen) atoms. The summed E-state index contributed by atoms with van der Waals surface area (Å²) in [7, 11) is 0. The molecule has 1 fully saturated rings. The van der Waals surface area contributed by atoms with Crippen molar-refractivity contribution in [1.82, 2.24) is 4.90 Å². The minimum Gasteiger partial charge on any atom is -0.381 e. The molecule has 2 nitrogen and oxygen atoms in total. The van der Waals surface area contributed by atoms with Crippen LogP contribution in [0.2, 0.25) is 10.0 Å². The minimum atomic E-state index is 0.464. The quantitative estimate of drug-likeness (QED) is 0.879. The summed E-state index contributed by atoms with van der Waals surface area (Å²) >= 11 is 12.0. The number of anilines is 1. The minimum absolute atomic E-state index is 0.464. The molecule has 0 amide bonds. The van der Waals surface area contributed by atoms with E-state index in [1.807, 2.05) is 18.2 Å². The third-order valence-electron chi connectivity index (χ3n) is 3.81. The van der Waals surface area contributed by atoms with Crippen molar-refractivity contribution in [3.8, 4) is 0 Å². The second-order valence-electron chi connectivity index (χ2n) is 5.48. The molecule has 1 unspecified atom stereocenters. The third-order valence-corrected chi connectivity index (χ3v) is 4.55. The van der Waals surface area contributed by atoms with E-state index in [-0.39, 0.29) is 0 Å². The van der Waals surface area contributed by atoms with E-state index in [0.717, 1.165) is 31.7 Å². The third kappa shape index (κ3) is 3.91. The highest BCUT2D eigenvalue weighted by atomic mass is 35.5. The first-order chi connectivity index (χ1) is 10.2. The Balaban J connectivity index is 1.56. The fraction of sp³-hybridized carbons (Fsp3) is 0.294. The predicted molar refractivity (Wildman–Crippen MR) is 90.2 cm³/mol. The predicted octanol–water partition coefficient (Wildman–Crippen LogP) is 4.68. The smallest absolute Gasteiger partial charge is 0.0612 e. The van der Waals surface area contributed by atoms with Crippen LogP contribution < -0.4 is 5.32 Å². The first-order valence-electron chi connectivity index (χ1n) is 7.18. The van der Waals surface area contributed by atoms with Crippen LogP contribution in [-0.2, 0) is 6.54 Å². The first kappa shape index (κ1) is 14.7. The summed E-state index contributed by atoms with van der Waals surface area (Å²) in [5.41, 5.74) is 2.41. The SMILES string of the molecule is Clc1ccc(NC2CCN(Cc3ccccc3)C2)cc1Cl. The van der Waals surface area contributed by atoms with E-state index in [1.165, 1.54) is 5.56 Å². The average molecular weight is 321 g/mol. The molecular weight excluding hydrogens is 303 g/mol. The van der Waals surface area contributed by atoms with Gasteiger partial charge in [0.05, 0.1) is 10.0 Å². The molecule has 0 bridgehead atoms. The number of benzene rings is 2. The molecule has 110 valence electrons. The Hall–Kier alpha value is -1.22. The van der Waals surface area contributed by atoms with Gasteiger partial charge in [-0.1, -0.05) is 53.5 Å². The van der Waals surface area contributed by atoms with E-state index < -0.39 is 0 Å². The van der Waals surface area contributed by atoms with Gasteiger partial charge in [-0.05, 0) is 30.2 Å². The number of hydrogen-bond acceptors (Lipinski definition) is 2. The molecule has 0 saturated carbocycles. The van der Waals surface area contributed by atoms with Crippen LogP contribution in [0.4, 0.5) is 5.69 Å². The zero-order chi connectivity index (χ0) is 14.7. The Labute approximate surface area is 135 Å². The van der Waals surface area contributed by atoms with E-state index in [1.54, 1.807) is 0 Å². The van der Waals surface area contributed by atoms with Crippen molar-refractivity contribution in [2.75, 3.05) is 18.4 Å². The van der Waals surface area contributed by atoms with E-state index in [0.29, 0.717) is 16.1 Å². The molecule has 3 rings (SSSR count). The highest BCUT2D eigenvalue weighted by Gasteiger charge is 2.22. The average Bonchev–Trinajstić information content (AvgIpc) is 2.91. The second-order valence-corrected chi connectivity index (χ2v) is 6.29. The summed E-state index contributed by atoms with van der Waals surface area (Å²) in [6.45, 7) is 3.18. The van der Waals surface area contributed by atoms with Crippen LogP contribution in [0.1, 0.15) is 12.0 Å². The van der Waals surface area contributed by atoms with Crippen LogP contribution in [0.5, 0.6) is 0 Å². The van der Waals surface area contributed by atoms with Crippen LogP contribution in [0, 0.1) is 0 Å². The molecule has 0 radical (unpaired) electrons. The lowest BCUT2D eigenvalue weighted by molar-refractivity contribution is 0.328. The number of nitrogens with zero attached hydrogens (tertiary/aromatic N) is 1. The number of halogens is 2. The Morgan fingerprint density at radius 1 is 1.05 bits per heavy atom. The Kier molecular flexibility index (Phi) is 4.69. The fourth-order valence-electron chi connectivity index (χ4n) is 2.76. The molecule has 1 atom stereocenters. The summed E-state index contributed by atoms with van der Waals surface area (Å²) < 4.78 is 0. The molecule has 1 saturated heterocycles. The Morgan fingerprint density at radius 3 is 2.62 bits per heavy atom.